The van der Waals surface area contributed by atoms with Gasteiger partial charge >= 0.3 is 0 Å². The molecular formula is C14H11BrFNO. The maximum absolute atomic E-state index is 13.5. The number of hydrogen-bond acceptors (Lipinski definition) is 2. The lowest BCUT2D eigenvalue weighted by Crippen LogP contribution is -2.04. The first kappa shape index (κ1) is 12.9. The summed E-state index contributed by atoms with van der Waals surface area (Å²) in [6.07, 6.45) is 2.45. The van der Waals surface area contributed by atoms with Crippen molar-refractivity contribution in [3.8, 4) is 0 Å². The second kappa shape index (κ2) is 5.87. The Hall–Kier alpha value is -1.55. The first-order chi connectivity index (χ1) is 8.66. The van der Waals surface area contributed by atoms with Crippen molar-refractivity contribution < 1.29 is 9.18 Å². The summed E-state index contributed by atoms with van der Waals surface area (Å²) in [6.45, 7) is 0. The van der Waals surface area contributed by atoms with Crippen LogP contribution in [-0.4, -0.2) is 10.8 Å². The normalized spacial score (nSPS) is 10.3. The molecule has 92 valence electrons. The van der Waals surface area contributed by atoms with E-state index in [9.17, 15) is 9.18 Å². The van der Waals surface area contributed by atoms with Crippen molar-refractivity contribution >= 4 is 21.7 Å². The second-order valence-electron chi connectivity index (χ2n) is 3.87. The molecular weight excluding hydrogens is 297 g/mol. The molecule has 4 heteroatoms. The van der Waals surface area contributed by atoms with Crippen molar-refractivity contribution in [3.05, 3.63) is 64.1 Å². The minimum absolute atomic E-state index is 0.125. The van der Waals surface area contributed by atoms with E-state index in [4.69, 9.17) is 0 Å². The highest BCUT2D eigenvalue weighted by atomic mass is 79.9. The van der Waals surface area contributed by atoms with Crippen molar-refractivity contribution in [2.75, 3.05) is 0 Å². The second-order valence-corrected chi connectivity index (χ2v) is 4.78. The number of carbonyl (C=O) groups excluding carboxylic acids is 1. The highest BCUT2D eigenvalue weighted by Gasteiger charge is 2.12. The molecule has 2 rings (SSSR count). The zero-order valence-electron chi connectivity index (χ0n) is 9.57. The van der Waals surface area contributed by atoms with Crippen LogP contribution in [0.5, 0.6) is 0 Å². The van der Waals surface area contributed by atoms with Crippen LogP contribution < -0.4 is 0 Å². The van der Waals surface area contributed by atoms with Crippen molar-refractivity contribution in [2.45, 2.75) is 12.8 Å². The summed E-state index contributed by atoms with van der Waals surface area (Å²) in [5.74, 6) is -0.691. The van der Waals surface area contributed by atoms with Gasteiger partial charge in [-0.1, -0.05) is 22.0 Å². The Kier molecular flexibility index (Phi) is 4.20. The lowest BCUT2D eigenvalue weighted by molar-refractivity contribution is 0.0978. The SMILES string of the molecule is O=C(CCc1ccccn1)c1cc(Br)ccc1F. The van der Waals surface area contributed by atoms with Gasteiger partial charge < -0.3 is 0 Å². The number of benzene rings is 1. The van der Waals surface area contributed by atoms with Gasteiger partial charge in [0.2, 0.25) is 0 Å². The summed E-state index contributed by atoms with van der Waals surface area (Å²) in [7, 11) is 0. The van der Waals surface area contributed by atoms with Crippen LogP contribution in [0.1, 0.15) is 22.5 Å². The average Bonchev–Trinajstić information content (AvgIpc) is 2.40. The number of aryl methyl sites for hydroxylation is 1. The number of pyridine rings is 1. The number of carbonyl (C=O) groups is 1. The molecule has 1 aromatic carbocycles. The van der Waals surface area contributed by atoms with Gasteiger partial charge in [0.05, 0.1) is 5.56 Å². The summed E-state index contributed by atoms with van der Waals surface area (Å²) < 4.78 is 14.2. The number of halogens is 2. The van der Waals surface area contributed by atoms with Gasteiger partial charge in [0.25, 0.3) is 0 Å². The number of rotatable bonds is 4. The molecule has 0 spiro atoms. The Morgan fingerprint density at radius 1 is 1.28 bits per heavy atom. The van der Waals surface area contributed by atoms with E-state index in [1.807, 2.05) is 18.2 Å². The van der Waals surface area contributed by atoms with Gasteiger partial charge in [0.15, 0.2) is 5.78 Å². The van der Waals surface area contributed by atoms with Crippen LogP contribution in [-0.2, 0) is 6.42 Å². The van der Waals surface area contributed by atoms with Gasteiger partial charge in [-0.2, -0.15) is 0 Å². The summed E-state index contributed by atoms with van der Waals surface area (Å²) in [5.41, 5.74) is 0.960. The van der Waals surface area contributed by atoms with Gasteiger partial charge in [-0.25, -0.2) is 4.39 Å². The zero-order valence-corrected chi connectivity index (χ0v) is 11.2. The van der Waals surface area contributed by atoms with Crippen molar-refractivity contribution in [1.82, 2.24) is 4.98 Å². The monoisotopic (exact) mass is 307 g/mol. The topological polar surface area (TPSA) is 30.0 Å². The number of aromatic nitrogens is 1. The van der Waals surface area contributed by atoms with Gasteiger partial charge in [0, 0.05) is 22.8 Å². The zero-order chi connectivity index (χ0) is 13.0. The van der Waals surface area contributed by atoms with Crippen LogP contribution in [0.3, 0.4) is 0 Å². The standard InChI is InChI=1S/C14H11BrFNO/c15-10-4-6-13(16)12(9-10)14(18)7-5-11-3-1-2-8-17-11/h1-4,6,8-9H,5,7H2. The molecule has 0 aliphatic carbocycles. The number of ketones is 1. The Bertz CT molecular complexity index is 557. The molecule has 0 fully saturated rings. The van der Waals surface area contributed by atoms with Gasteiger partial charge in [0.1, 0.15) is 5.82 Å². The first-order valence-corrected chi connectivity index (χ1v) is 6.34. The molecule has 0 amide bonds. The fraction of sp³-hybridized carbons (Fsp3) is 0.143. The Morgan fingerprint density at radius 2 is 2.11 bits per heavy atom. The molecule has 0 unspecified atom stereocenters. The molecule has 0 N–H and O–H groups in total. The van der Waals surface area contributed by atoms with E-state index < -0.39 is 5.82 Å². The smallest absolute Gasteiger partial charge is 0.166 e. The average molecular weight is 308 g/mol. The van der Waals surface area contributed by atoms with Crippen LogP contribution >= 0.6 is 15.9 Å². The van der Waals surface area contributed by atoms with E-state index in [1.54, 1.807) is 12.3 Å². The molecule has 0 aliphatic heterocycles. The maximum Gasteiger partial charge on any atom is 0.166 e. The molecule has 0 saturated heterocycles. The van der Waals surface area contributed by atoms with E-state index in [0.717, 1.165) is 5.69 Å². The van der Waals surface area contributed by atoms with Crippen LogP contribution in [0.25, 0.3) is 0 Å². The molecule has 2 aromatic rings. The number of hydrogen-bond donors (Lipinski definition) is 0. The minimum Gasteiger partial charge on any atom is -0.294 e. The van der Waals surface area contributed by atoms with E-state index in [0.29, 0.717) is 10.9 Å². The van der Waals surface area contributed by atoms with Crippen molar-refractivity contribution in [1.29, 1.82) is 0 Å². The highest BCUT2D eigenvalue weighted by molar-refractivity contribution is 9.10. The lowest BCUT2D eigenvalue weighted by Gasteiger charge is -2.03. The summed E-state index contributed by atoms with van der Waals surface area (Å²) in [5, 5.41) is 0. The Morgan fingerprint density at radius 3 is 2.83 bits per heavy atom. The maximum atomic E-state index is 13.5. The minimum atomic E-state index is -0.482. The van der Waals surface area contributed by atoms with Crippen molar-refractivity contribution in [3.63, 3.8) is 0 Å². The molecule has 1 heterocycles. The van der Waals surface area contributed by atoms with Crippen LogP contribution in [0.4, 0.5) is 4.39 Å². The van der Waals surface area contributed by atoms with Crippen LogP contribution in [0.15, 0.2) is 47.1 Å². The molecule has 0 radical (unpaired) electrons. The third-order valence-electron chi connectivity index (χ3n) is 2.56. The quantitative estimate of drug-likeness (QED) is 0.804. The lowest BCUT2D eigenvalue weighted by atomic mass is 10.0. The molecule has 0 aliphatic rings. The van der Waals surface area contributed by atoms with E-state index in [-0.39, 0.29) is 17.8 Å². The molecule has 0 bridgehead atoms. The van der Waals surface area contributed by atoms with E-state index in [1.165, 1.54) is 12.1 Å². The predicted octanol–water partition coefficient (Wildman–Crippen LogP) is 3.80. The largest absolute Gasteiger partial charge is 0.294 e. The van der Waals surface area contributed by atoms with Crippen LogP contribution in [0, 0.1) is 5.82 Å². The van der Waals surface area contributed by atoms with Crippen molar-refractivity contribution in [2.24, 2.45) is 0 Å². The Balaban J connectivity index is 2.06. The molecule has 0 saturated carbocycles. The molecule has 0 atom stereocenters. The predicted molar refractivity (Wildman–Crippen MR) is 71.0 cm³/mol. The summed E-state index contributed by atoms with van der Waals surface area (Å²) in [6, 6.07) is 9.91. The molecule has 1 aromatic heterocycles. The molecule has 2 nitrogen and oxygen atoms in total. The number of nitrogens with zero attached hydrogens (tertiary/aromatic N) is 1. The summed E-state index contributed by atoms with van der Waals surface area (Å²) >= 11 is 3.23. The fourth-order valence-electron chi connectivity index (χ4n) is 1.63. The third-order valence-corrected chi connectivity index (χ3v) is 3.06. The van der Waals surface area contributed by atoms with Crippen LogP contribution in [0.2, 0.25) is 0 Å². The van der Waals surface area contributed by atoms with E-state index in [2.05, 4.69) is 20.9 Å². The first-order valence-electron chi connectivity index (χ1n) is 5.55. The fourth-order valence-corrected chi connectivity index (χ4v) is 1.99. The Labute approximate surface area is 113 Å². The van der Waals surface area contributed by atoms with Gasteiger partial charge in [-0.05, 0) is 36.8 Å². The molecule has 18 heavy (non-hydrogen) atoms. The number of Topliss-reactive ketones (excluding diaryl/α,β-unsaturated/α-hetero) is 1. The van der Waals surface area contributed by atoms with E-state index >= 15 is 0 Å². The summed E-state index contributed by atoms with van der Waals surface area (Å²) in [4.78, 5) is 16.0. The van der Waals surface area contributed by atoms with Gasteiger partial charge in [-0.15, -0.1) is 0 Å². The van der Waals surface area contributed by atoms with Gasteiger partial charge in [-0.3, -0.25) is 9.78 Å². The third kappa shape index (κ3) is 3.23. The highest BCUT2D eigenvalue weighted by Crippen LogP contribution is 2.17.